The van der Waals surface area contributed by atoms with Gasteiger partial charge in [-0.3, -0.25) is 14.5 Å². The molecule has 0 aliphatic carbocycles. The molecule has 186 valence electrons. The van der Waals surface area contributed by atoms with Gasteiger partial charge in [-0.2, -0.15) is 5.10 Å². The molecule has 1 fully saturated rings. The van der Waals surface area contributed by atoms with Gasteiger partial charge in [-0.1, -0.05) is 60.2 Å². The third-order valence-corrected chi connectivity index (χ3v) is 6.32. The number of carbonyl (C=O) groups excluding carboxylic acids is 3. The van der Waals surface area contributed by atoms with E-state index in [0.29, 0.717) is 17.1 Å². The summed E-state index contributed by atoms with van der Waals surface area (Å²) in [5.41, 5.74) is 2.38. The zero-order chi connectivity index (χ0) is 26.2. The van der Waals surface area contributed by atoms with E-state index in [2.05, 4.69) is 15.7 Å². The lowest BCUT2D eigenvalue weighted by atomic mass is 9.92. The summed E-state index contributed by atoms with van der Waals surface area (Å²) in [5.74, 6) is -1.24. The fraction of sp³-hybridized carbons (Fsp3) is 0.143. The Morgan fingerprint density at radius 3 is 2.35 bits per heavy atom. The molecule has 4 amide bonds. The Morgan fingerprint density at radius 1 is 1.00 bits per heavy atom. The first-order chi connectivity index (χ1) is 17.7. The van der Waals surface area contributed by atoms with Gasteiger partial charge in [-0.25, -0.2) is 13.9 Å². The highest BCUT2D eigenvalue weighted by molar-refractivity contribution is 6.10. The molecular weight excluding hydrogens is 473 g/mol. The van der Waals surface area contributed by atoms with Gasteiger partial charge in [0.15, 0.2) is 0 Å². The number of nitrogens with zero attached hydrogens (tertiary/aromatic N) is 3. The number of anilines is 1. The number of benzene rings is 3. The second-order valence-corrected chi connectivity index (χ2v) is 9.03. The van der Waals surface area contributed by atoms with E-state index in [0.717, 1.165) is 21.7 Å². The predicted octanol–water partition coefficient (Wildman–Crippen LogP) is 4.39. The predicted molar refractivity (Wildman–Crippen MR) is 136 cm³/mol. The van der Waals surface area contributed by atoms with Gasteiger partial charge in [0.1, 0.15) is 23.7 Å². The molecule has 1 aliphatic rings. The second kappa shape index (κ2) is 9.34. The normalized spacial score (nSPS) is 17.1. The highest BCUT2D eigenvalue weighted by Crippen LogP contribution is 2.29. The zero-order valence-electron chi connectivity index (χ0n) is 20.2. The molecule has 8 nitrogen and oxygen atoms in total. The van der Waals surface area contributed by atoms with Gasteiger partial charge in [0.25, 0.3) is 5.91 Å². The van der Waals surface area contributed by atoms with Crippen LogP contribution in [0.2, 0.25) is 0 Å². The molecule has 3 aromatic carbocycles. The zero-order valence-corrected chi connectivity index (χ0v) is 20.2. The van der Waals surface area contributed by atoms with Crippen molar-refractivity contribution in [2.75, 3.05) is 11.9 Å². The average molecular weight is 498 g/mol. The van der Waals surface area contributed by atoms with Crippen LogP contribution < -0.4 is 10.6 Å². The summed E-state index contributed by atoms with van der Waals surface area (Å²) in [6.07, 6.45) is 0. The fourth-order valence-electron chi connectivity index (χ4n) is 4.25. The molecule has 37 heavy (non-hydrogen) atoms. The number of amides is 4. The van der Waals surface area contributed by atoms with Gasteiger partial charge in [0, 0.05) is 11.6 Å². The molecule has 1 aliphatic heterocycles. The fourth-order valence-corrected chi connectivity index (χ4v) is 4.25. The molecule has 1 unspecified atom stereocenters. The Hall–Kier alpha value is -4.79. The average Bonchev–Trinajstić information content (AvgIpc) is 3.40. The SMILES string of the molecule is Cc1ccc(-c2cc(NC(=O)CN3C(=O)NC(C)(c4ccc(F)cc4)C3=O)n(-c3ccccc3)n2)cc1. The van der Waals surface area contributed by atoms with Crippen LogP contribution in [0, 0.1) is 12.7 Å². The van der Waals surface area contributed by atoms with Crippen molar-refractivity contribution >= 4 is 23.7 Å². The van der Waals surface area contributed by atoms with Gasteiger partial charge >= 0.3 is 6.03 Å². The van der Waals surface area contributed by atoms with Crippen LogP contribution in [-0.4, -0.2) is 39.1 Å². The minimum absolute atomic E-state index is 0.389. The summed E-state index contributed by atoms with van der Waals surface area (Å²) < 4.78 is 15.0. The lowest BCUT2D eigenvalue weighted by Crippen LogP contribution is -2.42. The molecule has 2 N–H and O–H groups in total. The summed E-state index contributed by atoms with van der Waals surface area (Å²) in [7, 11) is 0. The molecule has 2 heterocycles. The molecule has 0 bridgehead atoms. The number of rotatable bonds is 6. The maximum atomic E-state index is 13.4. The van der Waals surface area contributed by atoms with Crippen LogP contribution in [0.1, 0.15) is 18.1 Å². The molecule has 9 heteroatoms. The van der Waals surface area contributed by atoms with Crippen molar-refractivity contribution in [3.63, 3.8) is 0 Å². The first-order valence-electron chi connectivity index (χ1n) is 11.7. The van der Waals surface area contributed by atoms with Gasteiger partial charge in [0.05, 0.1) is 11.4 Å². The van der Waals surface area contributed by atoms with Crippen LogP contribution in [0.5, 0.6) is 0 Å². The molecular formula is C28H24FN5O3. The molecule has 0 radical (unpaired) electrons. The lowest BCUT2D eigenvalue weighted by Gasteiger charge is -2.22. The number of hydrogen-bond acceptors (Lipinski definition) is 4. The van der Waals surface area contributed by atoms with Crippen molar-refractivity contribution in [1.29, 1.82) is 0 Å². The Bertz CT molecular complexity index is 1480. The number of para-hydroxylation sites is 1. The molecule has 0 spiro atoms. The van der Waals surface area contributed by atoms with Crippen LogP contribution in [0.25, 0.3) is 16.9 Å². The number of aromatic nitrogens is 2. The number of carbonyl (C=O) groups is 3. The van der Waals surface area contributed by atoms with Crippen LogP contribution in [0.4, 0.5) is 15.0 Å². The standard InChI is InChI=1S/C28H24FN5O3/c1-18-8-10-19(11-9-18)23-16-24(34(32-23)22-6-4-3-5-7-22)30-25(35)17-33-26(36)28(2,31-27(33)37)20-12-14-21(29)15-13-20/h3-16H,17H2,1-2H3,(H,30,35)(H,31,37). The second-order valence-electron chi connectivity index (χ2n) is 9.03. The van der Waals surface area contributed by atoms with Crippen molar-refractivity contribution < 1.29 is 18.8 Å². The molecule has 5 rings (SSSR count). The van der Waals surface area contributed by atoms with Crippen LogP contribution in [0.3, 0.4) is 0 Å². The maximum absolute atomic E-state index is 13.4. The first kappa shape index (κ1) is 23.9. The van der Waals surface area contributed by atoms with Gasteiger partial charge in [-0.15, -0.1) is 0 Å². The molecule has 1 saturated heterocycles. The minimum Gasteiger partial charge on any atom is -0.319 e. The Kier molecular flexibility index (Phi) is 6.04. The quantitative estimate of drug-likeness (QED) is 0.386. The number of urea groups is 1. The first-order valence-corrected chi connectivity index (χ1v) is 11.7. The van der Waals surface area contributed by atoms with E-state index < -0.39 is 35.7 Å². The van der Waals surface area contributed by atoms with Gasteiger partial charge < -0.3 is 10.6 Å². The largest absolute Gasteiger partial charge is 0.325 e. The van der Waals surface area contributed by atoms with Crippen molar-refractivity contribution in [2.45, 2.75) is 19.4 Å². The molecule has 4 aromatic rings. The highest BCUT2D eigenvalue weighted by atomic mass is 19.1. The van der Waals surface area contributed by atoms with E-state index in [1.807, 2.05) is 61.5 Å². The van der Waals surface area contributed by atoms with Gasteiger partial charge in [0.2, 0.25) is 5.91 Å². The number of aryl methyl sites for hydroxylation is 1. The topological polar surface area (TPSA) is 96.3 Å². The van der Waals surface area contributed by atoms with Crippen LogP contribution >= 0.6 is 0 Å². The van der Waals surface area contributed by atoms with Crippen LogP contribution in [-0.2, 0) is 15.1 Å². The monoisotopic (exact) mass is 497 g/mol. The van der Waals surface area contributed by atoms with E-state index >= 15 is 0 Å². The third-order valence-electron chi connectivity index (χ3n) is 6.32. The molecule has 0 saturated carbocycles. The Labute approximate surface area is 212 Å². The van der Waals surface area contributed by atoms with E-state index in [1.54, 1.807) is 10.7 Å². The summed E-state index contributed by atoms with van der Waals surface area (Å²) in [6.45, 7) is 3.02. The summed E-state index contributed by atoms with van der Waals surface area (Å²) in [4.78, 5) is 39.7. The van der Waals surface area contributed by atoms with E-state index in [9.17, 15) is 18.8 Å². The van der Waals surface area contributed by atoms with Crippen molar-refractivity contribution in [1.82, 2.24) is 20.0 Å². The maximum Gasteiger partial charge on any atom is 0.325 e. The van der Waals surface area contributed by atoms with Crippen molar-refractivity contribution in [3.8, 4) is 16.9 Å². The minimum atomic E-state index is -1.41. The van der Waals surface area contributed by atoms with E-state index in [1.165, 1.54) is 31.2 Å². The van der Waals surface area contributed by atoms with Gasteiger partial charge in [-0.05, 0) is 43.7 Å². The number of nitrogens with one attached hydrogen (secondary N) is 2. The number of imide groups is 1. The van der Waals surface area contributed by atoms with E-state index in [-0.39, 0.29) is 0 Å². The molecule has 1 atom stereocenters. The lowest BCUT2D eigenvalue weighted by molar-refractivity contribution is -0.133. The Morgan fingerprint density at radius 2 is 1.68 bits per heavy atom. The summed E-state index contributed by atoms with van der Waals surface area (Å²) in [5, 5.41) is 10.1. The number of hydrogen-bond donors (Lipinski definition) is 2. The van der Waals surface area contributed by atoms with E-state index in [4.69, 9.17) is 0 Å². The number of halogens is 1. The summed E-state index contributed by atoms with van der Waals surface area (Å²) >= 11 is 0. The smallest absolute Gasteiger partial charge is 0.319 e. The Balaban J connectivity index is 1.39. The highest BCUT2D eigenvalue weighted by Gasteiger charge is 2.49. The molecule has 1 aromatic heterocycles. The van der Waals surface area contributed by atoms with Crippen molar-refractivity contribution in [2.24, 2.45) is 0 Å². The van der Waals surface area contributed by atoms with Crippen LogP contribution in [0.15, 0.2) is 84.9 Å². The van der Waals surface area contributed by atoms with Crippen molar-refractivity contribution in [3.05, 3.63) is 102 Å². The summed E-state index contributed by atoms with van der Waals surface area (Å²) in [6, 6.07) is 23.5. The third kappa shape index (κ3) is 4.58.